The Labute approximate surface area is 70.5 Å². The van der Waals surface area contributed by atoms with E-state index in [-0.39, 0.29) is 1.43 Å². The van der Waals surface area contributed by atoms with Gasteiger partial charge >= 0.3 is 0 Å². The van der Waals surface area contributed by atoms with Crippen molar-refractivity contribution in [1.82, 2.24) is 0 Å². The normalized spacial score (nSPS) is 9.90. The van der Waals surface area contributed by atoms with Crippen molar-refractivity contribution in [3.8, 4) is 0 Å². The van der Waals surface area contributed by atoms with Gasteiger partial charge in [-0.15, -0.1) is 4.43 Å². The van der Waals surface area contributed by atoms with Gasteiger partial charge < -0.3 is 0 Å². The Hall–Kier alpha value is -0.248. The molecule has 0 aromatic heterocycles. The molecule has 53 valence electrons. The molecule has 0 N–H and O–H groups in total. The zero-order valence-electron chi connectivity index (χ0n) is 6.54. The van der Waals surface area contributed by atoms with Gasteiger partial charge in [-0.3, -0.25) is 0 Å². The van der Waals surface area contributed by atoms with E-state index in [1.807, 2.05) is 0 Å². The summed E-state index contributed by atoms with van der Waals surface area (Å²) in [6.45, 7) is 4.56. The molecule has 0 atom stereocenters. The standard InChI is InChI=1S/C6H5.C3H7.Al.H2/c1-2-4-6-5-3-1;1-3-2;;/h1-5H;3H,1-2H3;;1H. The summed E-state index contributed by atoms with van der Waals surface area (Å²) in [6.07, 6.45) is 0. The summed E-state index contributed by atoms with van der Waals surface area (Å²) in [7, 11) is 0. The first kappa shape index (κ1) is 7.86. The second kappa shape index (κ2) is 3.81. The van der Waals surface area contributed by atoms with E-state index in [0.29, 0.717) is 15.2 Å². The lowest BCUT2D eigenvalue weighted by Crippen LogP contribution is -2.15. The molecule has 0 fully saturated rings. The summed E-state index contributed by atoms with van der Waals surface area (Å²) in [5, 5.41) is 0. The first-order valence-electron chi connectivity index (χ1n) is 3.69. The van der Waals surface area contributed by atoms with Crippen LogP contribution in [-0.2, 0) is 0 Å². The van der Waals surface area contributed by atoms with Gasteiger partial charge in [0.05, 0.1) is 0 Å². The van der Waals surface area contributed by atoms with Gasteiger partial charge in [0.15, 0.2) is 0 Å². The second-order valence-electron chi connectivity index (χ2n) is 2.82. The predicted octanol–water partition coefficient (Wildman–Crippen LogP) is 2.09. The Morgan fingerprint density at radius 3 is 2.30 bits per heavy atom. The topological polar surface area (TPSA) is 0 Å². The van der Waals surface area contributed by atoms with Crippen LogP contribution in [-0.4, -0.2) is 15.2 Å². The van der Waals surface area contributed by atoms with Crippen molar-refractivity contribution < 1.29 is 1.43 Å². The van der Waals surface area contributed by atoms with Crippen LogP contribution in [0.25, 0.3) is 0 Å². The molecule has 1 aromatic rings. The maximum absolute atomic E-state index is 2.28. The van der Waals surface area contributed by atoms with E-state index in [9.17, 15) is 0 Å². The molecule has 0 aliphatic carbocycles. The lowest BCUT2D eigenvalue weighted by molar-refractivity contribution is 1.07. The van der Waals surface area contributed by atoms with Crippen LogP contribution >= 0.6 is 0 Å². The number of hydrogen-bond donors (Lipinski definition) is 0. The zero-order chi connectivity index (χ0) is 7.40. The summed E-state index contributed by atoms with van der Waals surface area (Å²) >= 11 is 0.492. The monoisotopic (exact) mass is 149 g/mol. The molecule has 1 heteroatoms. The smallest absolute Gasteiger partial charge is 0.124 e. The van der Waals surface area contributed by atoms with E-state index in [0.717, 1.165) is 4.78 Å². The molecule has 1 aromatic carbocycles. The molecule has 1 rings (SSSR count). The molecule has 10 heavy (non-hydrogen) atoms. The third kappa shape index (κ3) is 2.56. The molecule has 0 heterocycles. The quantitative estimate of drug-likeness (QED) is 0.565. The number of rotatable bonds is 2. The summed E-state index contributed by atoms with van der Waals surface area (Å²) in [4.78, 5) is 0. The molecule has 0 aliphatic heterocycles. The number of hydrogen-bond acceptors (Lipinski definition) is 0. The van der Waals surface area contributed by atoms with E-state index >= 15 is 0 Å². The number of benzene rings is 1. The molecule has 1 radical (unpaired) electrons. The summed E-state index contributed by atoms with van der Waals surface area (Å²) in [6, 6.07) is 10.7. The zero-order valence-corrected chi connectivity index (χ0v) is 7.70. The average Bonchev–Trinajstić information content (AvgIpc) is 1.88. The molecule has 0 bridgehead atoms. The molecule has 0 amide bonds. The van der Waals surface area contributed by atoms with E-state index < -0.39 is 0 Å². The van der Waals surface area contributed by atoms with Crippen molar-refractivity contribution in [2.45, 2.75) is 18.6 Å². The van der Waals surface area contributed by atoms with Gasteiger partial charge in [0, 0.05) is 1.43 Å². The highest BCUT2D eigenvalue weighted by molar-refractivity contribution is 6.54. The van der Waals surface area contributed by atoms with E-state index in [2.05, 4.69) is 44.2 Å². The van der Waals surface area contributed by atoms with Crippen LogP contribution in [0.1, 0.15) is 15.3 Å². The SMILES string of the molecule is C[CH](C)[Al][c]1ccccc1.[HH]. The average molecular weight is 149 g/mol. The lowest BCUT2D eigenvalue weighted by atomic mass is 10.4. The van der Waals surface area contributed by atoms with Gasteiger partial charge in [-0.05, 0) is 0 Å². The van der Waals surface area contributed by atoms with Crippen molar-refractivity contribution in [1.29, 1.82) is 0 Å². The molecule has 0 aliphatic rings. The first-order valence-corrected chi connectivity index (χ1v) is 4.93. The van der Waals surface area contributed by atoms with E-state index in [4.69, 9.17) is 0 Å². The third-order valence-electron chi connectivity index (χ3n) is 1.33. The van der Waals surface area contributed by atoms with Crippen LogP contribution in [0, 0.1) is 0 Å². The Balaban J connectivity index is 0.000001000. The predicted molar refractivity (Wildman–Crippen MR) is 49.0 cm³/mol. The van der Waals surface area contributed by atoms with Crippen LogP contribution in [0.5, 0.6) is 0 Å². The van der Waals surface area contributed by atoms with Crippen LogP contribution in [0.4, 0.5) is 0 Å². The summed E-state index contributed by atoms with van der Waals surface area (Å²) in [5.74, 6) is 0. The van der Waals surface area contributed by atoms with Crippen molar-refractivity contribution in [2.24, 2.45) is 0 Å². The van der Waals surface area contributed by atoms with Gasteiger partial charge in [0.25, 0.3) is 15.2 Å². The highest BCUT2D eigenvalue weighted by atomic mass is 27.1. The molecule has 0 saturated carbocycles. The second-order valence-corrected chi connectivity index (χ2v) is 5.15. The van der Waals surface area contributed by atoms with Crippen molar-refractivity contribution in [2.75, 3.05) is 0 Å². The fourth-order valence-corrected chi connectivity index (χ4v) is 2.16. The van der Waals surface area contributed by atoms with Gasteiger partial charge in [0.1, 0.15) is 0 Å². The third-order valence-corrected chi connectivity index (χ3v) is 2.76. The fraction of sp³-hybridized carbons (Fsp3) is 0.333. The minimum atomic E-state index is 0. The first-order chi connectivity index (χ1) is 4.79. The summed E-state index contributed by atoms with van der Waals surface area (Å²) < 4.78 is 2.37. The van der Waals surface area contributed by atoms with Crippen LogP contribution in [0.2, 0.25) is 4.78 Å². The van der Waals surface area contributed by atoms with Crippen LogP contribution < -0.4 is 4.43 Å². The molecule has 0 saturated heterocycles. The molecule has 0 spiro atoms. The van der Waals surface area contributed by atoms with Crippen molar-refractivity contribution >= 4 is 19.6 Å². The maximum Gasteiger partial charge on any atom is 0.253 e. The van der Waals surface area contributed by atoms with Gasteiger partial charge in [-0.1, -0.05) is 49.0 Å². The molecule has 0 unspecified atom stereocenters. The largest absolute Gasteiger partial charge is 0.253 e. The van der Waals surface area contributed by atoms with Crippen molar-refractivity contribution in [3.63, 3.8) is 0 Å². The van der Waals surface area contributed by atoms with Gasteiger partial charge in [-0.2, -0.15) is 0 Å². The maximum atomic E-state index is 2.28. The Morgan fingerprint density at radius 1 is 1.20 bits per heavy atom. The summed E-state index contributed by atoms with van der Waals surface area (Å²) in [5.41, 5.74) is 0. The van der Waals surface area contributed by atoms with Gasteiger partial charge in [-0.25, -0.2) is 0 Å². The minimum absolute atomic E-state index is 0. The highest BCUT2D eigenvalue weighted by Gasteiger charge is 1.98. The highest BCUT2D eigenvalue weighted by Crippen LogP contribution is 1.96. The minimum Gasteiger partial charge on any atom is -0.124 e. The van der Waals surface area contributed by atoms with E-state index in [1.165, 1.54) is 4.43 Å². The Kier molecular flexibility index (Phi) is 2.99. The lowest BCUT2D eigenvalue weighted by Gasteiger charge is -2.00. The Morgan fingerprint density at radius 2 is 1.80 bits per heavy atom. The molecular formula is C9H14Al. The van der Waals surface area contributed by atoms with E-state index in [1.54, 1.807) is 0 Å². The van der Waals surface area contributed by atoms with Crippen LogP contribution in [0.3, 0.4) is 0 Å². The van der Waals surface area contributed by atoms with Crippen LogP contribution in [0.15, 0.2) is 30.3 Å². The molecule has 0 nitrogen and oxygen atoms in total. The van der Waals surface area contributed by atoms with Gasteiger partial charge in [0.2, 0.25) is 0 Å². The molecular weight excluding hydrogens is 135 g/mol. The Bertz CT molecular complexity index is 184. The fourth-order valence-electron chi connectivity index (χ4n) is 0.949. The van der Waals surface area contributed by atoms with Crippen molar-refractivity contribution in [3.05, 3.63) is 30.3 Å².